The van der Waals surface area contributed by atoms with Crippen LogP contribution in [0, 0.1) is 0 Å². The van der Waals surface area contributed by atoms with Gasteiger partial charge in [0, 0.05) is 18.5 Å². The van der Waals surface area contributed by atoms with E-state index in [4.69, 9.17) is 9.47 Å². The Balaban J connectivity index is 1.54. The standard InChI is InChI=1S/C16H20N2O2/c1-12-8-17-9-15(20-12)11-19-10-14-7-6-13-4-2-3-5-16(13)18-14/h2-7,12,15,17H,8-11H2,1H3. The molecule has 20 heavy (non-hydrogen) atoms. The Morgan fingerprint density at radius 3 is 3.05 bits per heavy atom. The summed E-state index contributed by atoms with van der Waals surface area (Å²) in [6.45, 7) is 4.98. The maximum absolute atomic E-state index is 5.79. The van der Waals surface area contributed by atoms with Crippen LogP contribution < -0.4 is 5.32 Å². The predicted octanol–water partition coefficient (Wildman–Crippen LogP) is 2.13. The van der Waals surface area contributed by atoms with Crippen molar-refractivity contribution in [2.45, 2.75) is 25.7 Å². The third-order valence-corrected chi connectivity index (χ3v) is 3.44. The lowest BCUT2D eigenvalue weighted by atomic mass is 10.2. The highest BCUT2D eigenvalue weighted by molar-refractivity contribution is 5.78. The van der Waals surface area contributed by atoms with E-state index < -0.39 is 0 Å². The smallest absolute Gasteiger partial charge is 0.0936 e. The molecule has 2 heterocycles. The summed E-state index contributed by atoms with van der Waals surface area (Å²) < 4.78 is 11.5. The second-order valence-corrected chi connectivity index (χ2v) is 5.24. The van der Waals surface area contributed by atoms with Gasteiger partial charge in [0.25, 0.3) is 0 Å². The minimum atomic E-state index is 0.138. The van der Waals surface area contributed by atoms with E-state index in [1.165, 1.54) is 0 Å². The molecule has 0 aliphatic carbocycles. The number of fused-ring (bicyclic) bond motifs is 1. The number of ether oxygens (including phenoxy) is 2. The summed E-state index contributed by atoms with van der Waals surface area (Å²) in [6, 6.07) is 12.2. The topological polar surface area (TPSA) is 43.4 Å². The molecule has 2 aromatic rings. The summed E-state index contributed by atoms with van der Waals surface area (Å²) >= 11 is 0. The monoisotopic (exact) mass is 272 g/mol. The minimum Gasteiger partial charge on any atom is -0.372 e. The average molecular weight is 272 g/mol. The fourth-order valence-electron chi connectivity index (χ4n) is 2.45. The van der Waals surface area contributed by atoms with Gasteiger partial charge in [0.1, 0.15) is 0 Å². The van der Waals surface area contributed by atoms with Crippen LogP contribution in [0.15, 0.2) is 36.4 Å². The SMILES string of the molecule is CC1CNCC(COCc2ccc3ccccc3n2)O1. The molecule has 1 aromatic heterocycles. The summed E-state index contributed by atoms with van der Waals surface area (Å²) in [7, 11) is 0. The van der Waals surface area contributed by atoms with Crippen LogP contribution in [0.5, 0.6) is 0 Å². The van der Waals surface area contributed by atoms with Crippen molar-refractivity contribution in [2.75, 3.05) is 19.7 Å². The Hall–Kier alpha value is -1.49. The van der Waals surface area contributed by atoms with Crippen LogP contribution in [0.2, 0.25) is 0 Å². The van der Waals surface area contributed by atoms with E-state index in [-0.39, 0.29) is 12.2 Å². The summed E-state index contributed by atoms with van der Waals surface area (Å²) in [6.07, 6.45) is 0.398. The van der Waals surface area contributed by atoms with Crippen LogP contribution in [0.1, 0.15) is 12.6 Å². The summed E-state index contributed by atoms with van der Waals surface area (Å²) in [5.74, 6) is 0. The molecule has 0 radical (unpaired) electrons. The Labute approximate surface area is 119 Å². The second-order valence-electron chi connectivity index (χ2n) is 5.24. The molecule has 1 aromatic carbocycles. The number of benzene rings is 1. The van der Waals surface area contributed by atoms with Crippen LogP contribution in [0.25, 0.3) is 10.9 Å². The molecule has 4 nitrogen and oxygen atoms in total. The molecular weight excluding hydrogens is 252 g/mol. The van der Waals surface area contributed by atoms with E-state index in [0.717, 1.165) is 29.7 Å². The van der Waals surface area contributed by atoms with Crippen LogP contribution in [-0.2, 0) is 16.1 Å². The van der Waals surface area contributed by atoms with Crippen molar-refractivity contribution in [3.05, 3.63) is 42.1 Å². The number of nitrogens with zero attached hydrogens (tertiary/aromatic N) is 1. The highest BCUT2D eigenvalue weighted by Gasteiger charge is 2.18. The van der Waals surface area contributed by atoms with Crippen LogP contribution in [0.4, 0.5) is 0 Å². The molecule has 3 rings (SSSR count). The molecule has 1 saturated heterocycles. The first-order valence-corrected chi connectivity index (χ1v) is 7.10. The number of hydrogen-bond acceptors (Lipinski definition) is 4. The number of morpholine rings is 1. The molecule has 2 atom stereocenters. The van der Waals surface area contributed by atoms with E-state index in [2.05, 4.69) is 29.4 Å². The lowest BCUT2D eigenvalue weighted by Gasteiger charge is -2.28. The van der Waals surface area contributed by atoms with Crippen LogP contribution >= 0.6 is 0 Å². The van der Waals surface area contributed by atoms with Gasteiger partial charge in [0.2, 0.25) is 0 Å². The molecule has 4 heteroatoms. The number of rotatable bonds is 4. The summed E-state index contributed by atoms with van der Waals surface area (Å²) in [5, 5.41) is 4.49. The number of pyridine rings is 1. The first kappa shape index (κ1) is 13.5. The Bertz CT molecular complexity index is 573. The maximum atomic E-state index is 5.79. The Kier molecular flexibility index (Phi) is 4.25. The van der Waals surface area contributed by atoms with Gasteiger partial charge in [0.15, 0.2) is 0 Å². The molecule has 106 valence electrons. The van der Waals surface area contributed by atoms with Gasteiger partial charge in [-0.1, -0.05) is 24.3 Å². The average Bonchev–Trinajstić information content (AvgIpc) is 2.47. The van der Waals surface area contributed by atoms with E-state index in [9.17, 15) is 0 Å². The van der Waals surface area contributed by atoms with Gasteiger partial charge in [-0.05, 0) is 19.1 Å². The zero-order chi connectivity index (χ0) is 13.8. The van der Waals surface area contributed by atoms with Gasteiger partial charge >= 0.3 is 0 Å². The van der Waals surface area contributed by atoms with E-state index in [1.807, 2.05) is 24.3 Å². The first-order chi connectivity index (χ1) is 9.81. The quantitative estimate of drug-likeness (QED) is 0.926. The van der Waals surface area contributed by atoms with Crippen molar-refractivity contribution in [3.8, 4) is 0 Å². The van der Waals surface area contributed by atoms with Gasteiger partial charge in [-0.25, -0.2) is 0 Å². The number of nitrogens with one attached hydrogen (secondary N) is 1. The summed E-state index contributed by atoms with van der Waals surface area (Å²) in [4.78, 5) is 4.59. The lowest BCUT2D eigenvalue weighted by Crippen LogP contribution is -2.45. The molecule has 0 saturated carbocycles. The van der Waals surface area contributed by atoms with Crippen molar-refractivity contribution < 1.29 is 9.47 Å². The fourth-order valence-corrected chi connectivity index (χ4v) is 2.45. The highest BCUT2D eigenvalue weighted by atomic mass is 16.5. The molecular formula is C16H20N2O2. The number of hydrogen-bond donors (Lipinski definition) is 1. The molecule has 0 amide bonds. The van der Waals surface area contributed by atoms with Crippen molar-refractivity contribution in [2.24, 2.45) is 0 Å². The van der Waals surface area contributed by atoms with Crippen molar-refractivity contribution in [3.63, 3.8) is 0 Å². The molecule has 1 N–H and O–H groups in total. The minimum absolute atomic E-state index is 0.138. The number of aromatic nitrogens is 1. The van der Waals surface area contributed by atoms with E-state index in [0.29, 0.717) is 13.2 Å². The normalized spacial score (nSPS) is 23.1. The van der Waals surface area contributed by atoms with Gasteiger partial charge in [0.05, 0.1) is 36.6 Å². The number of para-hydroxylation sites is 1. The maximum Gasteiger partial charge on any atom is 0.0936 e. The van der Waals surface area contributed by atoms with Crippen LogP contribution in [0.3, 0.4) is 0 Å². The molecule has 1 aliphatic rings. The zero-order valence-electron chi connectivity index (χ0n) is 11.7. The second kappa shape index (κ2) is 6.31. The summed E-state index contributed by atoms with van der Waals surface area (Å²) in [5.41, 5.74) is 1.97. The van der Waals surface area contributed by atoms with Crippen molar-refractivity contribution in [1.82, 2.24) is 10.3 Å². The van der Waals surface area contributed by atoms with Gasteiger partial charge in [-0.15, -0.1) is 0 Å². The molecule has 2 unspecified atom stereocenters. The zero-order valence-corrected chi connectivity index (χ0v) is 11.7. The third kappa shape index (κ3) is 3.33. The van der Waals surface area contributed by atoms with E-state index in [1.54, 1.807) is 0 Å². The lowest BCUT2D eigenvalue weighted by molar-refractivity contribution is -0.0719. The molecule has 1 aliphatic heterocycles. The van der Waals surface area contributed by atoms with E-state index >= 15 is 0 Å². The van der Waals surface area contributed by atoms with Crippen molar-refractivity contribution >= 4 is 10.9 Å². The molecule has 0 bridgehead atoms. The predicted molar refractivity (Wildman–Crippen MR) is 78.6 cm³/mol. The highest BCUT2D eigenvalue weighted by Crippen LogP contribution is 2.12. The van der Waals surface area contributed by atoms with Crippen LogP contribution in [-0.4, -0.2) is 36.9 Å². The largest absolute Gasteiger partial charge is 0.372 e. The third-order valence-electron chi connectivity index (χ3n) is 3.44. The molecule has 1 fully saturated rings. The van der Waals surface area contributed by atoms with Gasteiger partial charge in [-0.3, -0.25) is 4.98 Å². The Morgan fingerprint density at radius 1 is 1.25 bits per heavy atom. The van der Waals surface area contributed by atoms with Crippen molar-refractivity contribution in [1.29, 1.82) is 0 Å². The first-order valence-electron chi connectivity index (χ1n) is 7.10. The van der Waals surface area contributed by atoms with Gasteiger partial charge < -0.3 is 14.8 Å². The van der Waals surface area contributed by atoms with Gasteiger partial charge in [-0.2, -0.15) is 0 Å². The molecule has 0 spiro atoms. The fraction of sp³-hybridized carbons (Fsp3) is 0.438. The Morgan fingerprint density at radius 2 is 2.15 bits per heavy atom.